The van der Waals surface area contributed by atoms with Gasteiger partial charge < -0.3 is 14.7 Å². The molecule has 2 aliphatic rings. The number of para-hydroxylation sites is 1. The zero-order valence-electron chi connectivity index (χ0n) is 16.1. The van der Waals surface area contributed by atoms with E-state index in [0.29, 0.717) is 18.4 Å². The lowest BCUT2D eigenvalue weighted by Crippen LogP contribution is -2.39. The van der Waals surface area contributed by atoms with Gasteiger partial charge >= 0.3 is 0 Å². The summed E-state index contributed by atoms with van der Waals surface area (Å²) >= 11 is 1.66. The number of ether oxygens (including phenoxy) is 1. The number of likely N-dealkylation sites (tertiary alicyclic amines) is 1. The highest BCUT2D eigenvalue weighted by Gasteiger charge is 2.26. The maximum atomic E-state index is 10.6. The lowest BCUT2D eigenvalue weighted by atomic mass is 10.1. The van der Waals surface area contributed by atoms with Crippen LogP contribution in [0, 0.1) is 0 Å². The highest BCUT2D eigenvalue weighted by Crippen LogP contribution is 2.39. The normalized spacial score (nSPS) is 20.8. The molecule has 0 amide bonds. The van der Waals surface area contributed by atoms with Crippen molar-refractivity contribution in [3.05, 3.63) is 42.0 Å². The van der Waals surface area contributed by atoms with Crippen LogP contribution in [-0.2, 0) is 6.54 Å². The second-order valence-electron chi connectivity index (χ2n) is 7.83. The Hall–Kier alpha value is -2.15. The van der Waals surface area contributed by atoms with E-state index in [-0.39, 0.29) is 5.75 Å². The molecule has 5 rings (SSSR count). The molecule has 3 heterocycles. The van der Waals surface area contributed by atoms with Gasteiger partial charge in [0, 0.05) is 36.8 Å². The molecule has 28 heavy (non-hydrogen) atoms. The number of thiazole rings is 1. The largest absolute Gasteiger partial charge is 0.504 e. The summed E-state index contributed by atoms with van der Waals surface area (Å²) in [5.74, 6) is 0.846. The van der Waals surface area contributed by atoms with Gasteiger partial charge in [-0.15, -0.1) is 11.3 Å². The van der Waals surface area contributed by atoms with Crippen LogP contribution in [0.3, 0.4) is 0 Å². The number of benzene rings is 2. The van der Waals surface area contributed by atoms with Crippen molar-refractivity contribution in [3.63, 3.8) is 0 Å². The molecule has 1 saturated heterocycles. The van der Waals surface area contributed by atoms with E-state index in [1.807, 2.05) is 18.2 Å². The Bertz CT molecular complexity index is 970. The van der Waals surface area contributed by atoms with E-state index in [2.05, 4.69) is 29.0 Å². The third kappa shape index (κ3) is 3.36. The van der Waals surface area contributed by atoms with Crippen molar-refractivity contribution >= 4 is 21.6 Å². The average molecular weight is 396 g/mol. The topological polar surface area (TPSA) is 48.8 Å². The number of phenols is 1. The quantitative estimate of drug-likeness (QED) is 0.728. The Kier molecular flexibility index (Phi) is 4.70. The number of fused-ring (bicyclic) bond motifs is 2. The van der Waals surface area contributed by atoms with Crippen LogP contribution in [0.5, 0.6) is 11.5 Å². The minimum atomic E-state index is 0.214. The zero-order chi connectivity index (χ0) is 19.1. The van der Waals surface area contributed by atoms with Crippen LogP contribution in [-0.4, -0.2) is 59.2 Å². The SMILES string of the molecule is CN1CCC[C@@H]1CN1CCOc2c(O)cc(-c3nc4ccccc4s3)cc2C1. The van der Waals surface area contributed by atoms with Gasteiger partial charge in [-0.25, -0.2) is 4.98 Å². The molecule has 0 bridgehead atoms. The first-order valence-corrected chi connectivity index (χ1v) is 10.8. The van der Waals surface area contributed by atoms with E-state index < -0.39 is 0 Å². The Morgan fingerprint density at radius 2 is 2.14 bits per heavy atom. The van der Waals surface area contributed by atoms with E-state index in [1.54, 1.807) is 17.4 Å². The van der Waals surface area contributed by atoms with E-state index in [1.165, 1.54) is 19.4 Å². The van der Waals surface area contributed by atoms with Gasteiger partial charge in [0.1, 0.15) is 11.6 Å². The van der Waals surface area contributed by atoms with Gasteiger partial charge in [-0.3, -0.25) is 4.90 Å². The Morgan fingerprint density at radius 3 is 2.96 bits per heavy atom. The van der Waals surface area contributed by atoms with Gasteiger partial charge in [0.25, 0.3) is 0 Å². The number of hydrogen-bond acceptors (Lipinski definition) is 6. The fourth-order valence-corrected chi connectivity index (χ4v) is 5.29. The number of aromatic hydroxyl groups is 1. The van der Waals surface area contributed by atoms with Crippen molar-refractivity contribution in [2.75, 3.05) is 33.3 Å². The molecule has 1 fully saturated rings. The number of likely N-dealkylation sites (N-methyl/N-ethyl adjacent to an activating group) is 1. The summed E-state index contributed by atoms with van der Waals surface area (Å²) in [6, 6.07) is 12.7. The molecule has 1 aromatic heterocycles. The highest BCUT2D eigenvalue weighted by molar-refractivity contribution is 7.21. The minimum absolute atomic E-state index is 0.214. The van der Waals surface area contributed by atoms with Gasteiger partial charge in [0.2, 0.25) is 0 Å². The van der Waals surface area contributed by atoms with E-state index in [0.717, 1.165) is 46.0 Å². The summed E-state index contributed by atoms with van der Waals surface area (Å²) in [6.07, 6.45) is 2.54. The molecule has 5 nitrogen and oxygen atoms in total. The van der Waals surface area contributed by atoms with Crippen molar-refractivity contribution in [1.29, 1.82) is 0 Å². The van der Waals surface area contributed by atoms with Gasteiger partial charge in [-0.1, -0.05) is 12.1 Å². The number of nitrogens with zero attached hydrogens (tertiary/aromatic N) is 3. The summed E-state index contributed by atoms with van der Waals surface area (Å²) in [5.41, 5.74) is 3.01. The van der Waals surface area contributed by atoms with Gasteiger partial charge in [0.05, 0.1) is 10.2 Å². The van der Waals surface area contributed by atoms with E-state index in [9.17, 15) is 5.11 Å². The van der Waals surface area contributed by atoms with Crippen LogP contribution in [0.4, 0.5) is 0 Å². The van der Waals surface area contributed by atoms with Crippen LogP contribution < -0.4 is 4.74 Å². The third-order valence-corrected chi connectivity index (χ3v) is 6.96. The van der Waals surface area contributed by atoms with Crippen LogP contribution in [0.25, 0.3) is 20.8 Å². The van der Waals surface area contributed by atoms with Gasteiger partial charge in [-0.05, 0) is 50.7 Å². The number of hydrogen-bond donors (Lipinski definition) is 1. The zero-order valence-corrected chi connectivity index (χ0v) is 16.9. The predicted octanol–water partition coefficient (Wildman–Crippen LogP) is 3.96. The fourth-order valence-electron chi connectivity index (χ4n) is 4.34. The first-order chi connectivity index (χ1) is 13.7. The average Bonchev–Trinajstić information content (AvgIpc) is 3.23. The first-order valence-electron chi connectivity index (χ1n) is 9.94. The standard InChI is InChI=1S/C22H25N3O2S/c1-24-8-4-5-17(24)14-25-9-10-27-21-16(13-25)11-15(12-19(21)26)22-23-18-6-2-3-7-20(18)28-22/h2-3,6-7,11-12,17,26H,4-5,8-10,13-14H2,1H3/t17-/m1/s1. The van der Waals surface area contributed by atoms with Crippen molar-refractivity contribution in [3.8, 4) is 22.1 Å². The van der Waals surface area contributed by atoms with Crippen LogP contribution >= 0.6 is 11.3 Å². The lowest BCUT2D eigenvalue weighted by Gasteiger charge is -2.27. The number of rotatable bonds is 3. The van der Waals surface area contributed by atoms with Crippen molar-refractivity contribution in [1.82, 2.24) is 14.8 Å². The fraction of sp³-hybridized carbons (Fsp3) is 0.409. The molecule has 0 unspecified atom stereocenters. The smallest absolute Gasteiger partial charge is 0.165 e. The molecule has 146 valence electrons. The Morgan fingerprint density at radius 1 is 1.25 bits per heavy atom. The van der Waals surface area contributed by atoms with Gasteiger partial charge in [-0.2, -0.15) is 0 Å². The Labute approximate surface area is 169 Å². The maximum Gasteiger partial charge on any atom is 0.165 e. The molecule has 2 aromatic carbocycles. The molecule has 1 atom stereocenters. The number of phenolic OH excluding ortho intramolecular Hbond substituents is 1. The third-order valence-electron chi connectivity index (χ3n) is 5.88. The van der Waals surface area contributed by atoms with Crippen molar-refractivity contribution in [2.24, 2.45) is 0 Å². The molecule has 2 aliphatic heterocycles. The molecule has 0 saturated carbocycles. The molecule has 0 aliphatic carbocycles. The van der Waals surface area contributed by atoms with Crippen LogP contribution in [0.2, 0.25) is 0 Å². The number of aromatic nitrogens is 1. The van der Waals surface area contributed by atoms with Crippen molar-refractivity contribution in [2.45, 2.75) is 25.4 Å². The summed E-state index contributed by atoms with van der Waals surface area (Å²) in [7, 11) is 2.22. The Balaban J connectivity index is 1.45. The van der Waals surface area contributed by atoms with E-state index >= 15 is 0 Å². The summed E-state index contributed by atoms with van der Waals surface area (Å²) in [6.45, 7) is 4.53. The summed E-state index contributed by atoms with van der Waals surface area (Å²) < 4.78 is 7.09. The first kappa shape index (κ1) is 17.9. The molecular formula is C22H25N3O2S. The molecule has 1 N–H and O–H groups in total. The monoisotopic (exact) mass is 395 g/mol. The van der Waals surface area contributed by atoms with Crippen LogP contribution in [0.1, 0.15) is 18.4 Å². The highest BCUT2D eigenvalue weighted by atomic mass is 32.1. The van der Waals surface area contributed by atoms with Crippen LogP contribution in [0.15, 0.2) is 36.4 Å². The minimum Gasteiger partial charge on any atom is -0.504 e. The second kappa shape index (κ2) is 7.35. The maximum absolute atomic E-state index is 10.6. The molecule has 6 heteroatoms. The second-order valence-corrected chi connectivity index (χ2v) is 8.86. The molecule has 3 aromatic rings. The summed E-state index contributed by atoms with van der Waals surface area (Å²) in [5, 5.41) is 11.6. The molecule has 0 radical (unpaired) electrons. The van der Waals surface area contributed by atoms with Gasteiger partial charge in [0.15, 0.2) is 11.5 Å². The predicted molar refractivity (Wildman–Crippen MR) is 113 cm³/mol. The molecular weight excluding hydrogens is 370 g/mol. The molecule has 0 spiro atoms. The lowest BCUT2D eigenvalue weighted by molar-refractivity contribution is 0.172. The summed E-state index contributed by atoms with van der Waals surface area (Å²) in [4.78, 5) is 9.67. The van der Waals surface area contributed by atoms with E-state index in [4.69, 9.17) is 9.72 Å². The van der Waals surface area contributed by atoms with Crippen molar-refractivity contribution < 1.29 is 9.84 Å².